The van der Waals surface area contributed by atoms with Gasteiger partial charge < -0.3 is 24.1 Å². The summed E-state index contributed by atoms with van der Waals surface area (Å²) in [6.45, 7) is 1.35. The minimum Gasteiger partial charge on any atom is -0.387 e. The van der Waals surface area contributed by atoms with E-state index in [0.717, 1.165) is 16.7 Å². The maximum atomic E-state index is 11.0. The van der Waals surface area contributed by atoms with Gasteiger partial charge in [-0.1, -0.05) is 91.0 Å². The van der Waals surface area contributed by atoms with Crippen LogP contribution in [0.3, 0.4) is 0 Å². The molecule has 1 heterocycles. The average molecular weight is 421 g/mol. The third kappa shape index (κ3) is 6.23. The number of rotatable bonds is 9. The predicted molar refractivity (Wildman–Crippen MR) is 117 cm³/mol. The summed E-state index contributed by atoms with van der Waals surface area (Å²) in [5.41, 5.74) is 3.09. The standard InChI is InChI=1S/C26H28O5/c27-24-23(28-16-20-10-4-1-5-11-20)19-31-26(30-18-22-14-8-3-9-15-22)25(24)29-17-21-12-6-2-7-13-21/h1-15,23-27H,16-19H2/t23-,24+,25-,26+/m1/s1. The highest BCUT2D eigenvalue weighted by Gasteiger charge is 2.41. The molecule has 0 unspecified atom stereocenters. The zero-order chi connectivity index (χ0) is 21.3. The molecule has 0 bridgehead atoms. The van der Waals surface area contributed by atoms with Gasteiger partial charge in [-0.2, -0.15) is 0 Å². The summed E-state index contributed by atoms with van der Waals surface area (Å²) in [4.78, 5) is 0. The highest BCUT2D eigenvalue weighted by Crippen LogP contribution is 2.24. The van der Waals surface area contributed by atoms with E-state index in [-0.39, 0.29) is 6.61 Å². The van der Waals surface area contributed by atoms with Gasteiger partial charge in [0.2, 0.25) is 0 Å². The van der Waals surface area contributed by atoms with Gasteiger partial charge in [0.1, 0.15) is 18.3 Å². The Morgan fingerprint density at radius 3 is 1.61 bits per heavy atom. The second kappa shape index (κ2) is 11.2. The molecule has 1 aliphatic heterocycles. The van der Waals surface area contributed by atoms with Crippen molar-refractivity contribution in [3.63, 3.8) is 0 Å². The molecule has 3 aromatic carbocycles. The molecule has 5 heteroatoms. The van der Waals surface area contributed by atoms with Crippen molar-refractivity contribution >= 4 is 0 Å². The molecule has 0 aromatic heterocycles. The van der Waals surface area contributed by atoms with E-state index in [1.807, 2.05) is 91.0 Å². The Balaban J connectivity index is 1.40. The molecule has 0 amide bonds. The molecule has 1 saturated heterocycles. The van der Waals surface area contributed by atoms with Crippen LogP contribution in [0.5, 0.6) is 0 Å². The molecule has 3 aromatic rings. The Morgan fingerprint density at radius 1 is 0.645 bits per heavy atom. The molecule has 31 heavy (non-hydrogen) atoms. The molecule has 0 spiro atoms. The molecule has 162 valence electrons. The Kier molecular flexibility index (Phi) is 7.82. The van der Waals surface area contributed by atoms with Gasteiger partial charge in [-0.15, -0.1) is 0 Å². The summed E-state index contributed by atoms with van der Waals surface area (Å²) in [7, 11) is 0. The number of hydrogen-bond donors (Lipinski definition) is 1. The zero-order valence-corrected chi connectivity index (χ0v) is 17.4. The lowest BCUT2D eigenvalue weighted by Crippen LogP contribution is -2.55. The van der Waals surface area contributed by atoms with Gasteiger partial charge in [0.15, 0.2) is 6.29 Å². The van der Waals surface area contributed by atoms with Gasteiger partial charge in [0, 0.05) is 0 Å². The lowest BCUT2D eigenvalue weighted by Gasteiger charge is -2.39. The molecular weight excluding hydrogens is 392 g/mol. The largest absolute Gasteiger partial charge is 0.387 e. The second-order valence-electron chi connectivity index (χ2n) is 7.59. The van der Waals surface area contributed by atoms with E-state index < -0.39 is 24.6 Å². The van der Waals surface area contributed by atoms with Gasteiger partial charge in [-0.3, -0.25) is 0 Å². The number of benzene rings is 3. The van der Waals surface area contributed by atoms with Crippen LogP contribution in [-0.2, 0) is 38.8 Å². The van der Waals surface area contributed by atoms with Crippen LogP contribution < -0.4 is 0 Å². The van der Waals surface area contributed by atoms with Crippen LogP contribution >= 0.6 is 0 Å². The minimum absolute atomic E-state index is 0.235. The van der Waals surface area contributed by atoms with Crippen molar-refractivity contribution in [3.05, 3.63) is 108 Å². The number of hydrogen-bond acceptors (Lipinski definition) is 5. The number of aliphatic hydroxyl groups excluding tert-OH is 1. The molecule has 1 N–H and O–H groups in total. The van der Waals surface area contributed by atoms with Gasteiger partial charge in [0.05, 0.1) is 26.4 Å². The maximum Gasteiger partial charge on any atom is 0.186 e. The first kappa shape index (κ1) is 21.7. The van der Waals surface area contributed by atoms with Crippen molar-refractivity contribution in [2.24, 2.45) is 0 Å². The molecule has 0 saturated carbocycles. The molecule has 1 fully saturated rings. The SMILES string of the molecule is O[C@@H]1[C@@H](OCc2ccccc2)[C@@H](OCc2ccccc2)OC[C@H]1OCc1ccccc1. The summed E-state index contributed by atoms with van der Waals surface area (Å²) in [6, 6.07) is 29.6. The van der Waals surface area contributed by atoms with Crippen LogP contribution in [0.15, 0.2) is 91.0 Å². The van der Waals surface area contributed by atoms with Crippen molar-refractivity contribution in [1.82, 2.24) is 0 Å². The van der Waals surface area contributed by atoms with Crippen LogP contribution in [0.1, 0.15) is 16.7 Å². The summed E-state index contributed by atoms with van der Waals surface area (Å²) < 4.78 is 24.0. The van der Waals surface area contributed by atoms with Crippen molar-refractivity contribution in [3.8, 4) is 0 Å². The second-order valence-corrected chi connectivity index (χ2v) is 7.59. The molecule has 0 radical (unpaired) electrons. The van der Waals surface area contributed by atoms with Gasteiger partial charge in [-0.25, -0.2) is 0 Å². The fourth-order valence-electron chi connectivity index (χ4n) is 3.52. The van der Waals surface area contributed by atoms with Crippen LogP contribution in [0.25, 0.3) is 0 Å². The van der Waals surface area contributed by atoms with E-state index in [1.165, 1.54) is 0 Å². The Morgan fingerprint density at radius 2 is 1.10 bits per heavy atom. The van der Waals surface area contributed by atoms with Crippen molar-refractivity contribution in [1.29, 1.82) is 0 Å². The van der Waals surface area contributed by atoms with E-state index in [9.17, 15) is 5.11 Å². The molecule has 0 aliphatic carbocycles. The van der Waals surface area contributed by atoms with Gasteiger partial charge >= 0.3 is 0 Å². The fourth-order valence-corrected chi connectivity index (χ4v) is 3.52. The summed E-state index contributed by atoms with van der Waals surface area (Å²) in [5, 5.41) is 11.0. The summed E-state index contributed by atoms with van der Waals surface area (Å²) >= 11 is 0. The molecule has 4 atom stereocenters. The number of ether oxygens (including phenoxy) is 4. The average Bonchev–Trinajstić information content (AvgIpc) is 2.83. The van der Waals surface area contributed by atoms with Crippen LogP contribution in [0, 0.1) is 0 Å². The normalized spacial score (nSPS) is 23.5. The highest BCUT2D eigenvalue weighted by molar-refractivity contribution is 5.15. The fraction of sp³-hybridized carbons (Fsp3) is 0.308. The lowest BCUT2D eigenvalue weighted by molar-refractivity contribution is -0.293. The lowest BCUT2D eigenvalue weighted by atomic mass is 10.0. The van der Waals surface area contributed by atoms with Gasteiger partial charge in [0.25, 0.3) is 0 Å². The Bertz CT molecular complexity index is 887. The van der Waals surface area contributed by atoms with Gasteiger partial charge in [-0.05, 0) is 16.7 Å². The molecular formula is C26H28O5. The monoisotopic (exact) mass is 420 g/mol. The smallest absolute Gasteiger partial charge is 0.186 e. The quantitative estimate of drug-likeness (QED) is 0.565. The van der Waals surface area contributed by atoms with Crippen LogP contribution in [-0.4, -0.2) is 36.3 Å². The molecule has 1 aliphatic rings. The van der Waals surface area contributed by atoms with Crippen molar-refractivity contribution in [2.75, 3.05) is 6.61 Å². The minimum atomic E-state index is -0.873. The topological polar surface area (TPSA) is 57.2 Å². The first-order chi connectivity index (χ1) is 15.3. The Hall–Kier alpha value is -2.54. The zero-order valence-electron chi connectivity index (χ0n) is 17.4. The molecule has 5 nitrogen and oxygen atoms in total. The van der Waals surface area contributed by atoms with E-state index in [2.05, 4.69) is 0 Å². The first-order valence-electron chi connectivity index (χ1n) is 10.6. The Labute approximate surface area is 183 Å². The van der Waals surface area contributed by atoms with E-state index in [0.29, 0.717) is 19.8 Å². The summed E-state index contributed by atoms with van der Waals surface area (Å²) in [5.74, 6) is 0. The van der Waals surface area contributed by atoms with E-state index in [4.69, 9.17) is 18.9 Å². The third-order valence-electron chi connectivity index (χ3n) is 5.26. The maximum absolute atomic E-state index is 11.0. The first-order valence-corrected chi connectivity index (χ1v) is 10.6. The van der Waals surface area contributed by atoms with Crippen LogP contribution in [0.2, 0.25) is 0 Å². The predicted octanol–water partition coefficient (Wildman–Crippen LogP) is 4.09. The molecule has 4 rings (SSSR count). The highest BCUT2D eigenvalue weighted by atomic mass is 16.7. The van der Waals surface area contributed by atoms with Crippen molar-refractivity contribution in [2.45, 2.75) is 44.4 Å². The number of aliphatic hydroxyl groups is 1. The third-order valence-corrected chi connectivity index (χ3v) is 5.26. The van der Waals surface area contributed by atoms with E-state index >= 15 is 0 Å². The van der Waals surface area contributed by atoms with E-state index in [1.54, 1.807) is 0 Å². The summed E-state index contributed by atoms with van der Waals surface area (Å²) in [6.07, 6.45) is -2.73. The van der Waals surface area contributed by atoms with Crippen LogP contribution in [0.4, 0.5) is 0 Å². The van der Waals surface area contributed by atoms with Crippen molar-refractivity contribution < 1.29 is 24.1 Å².